The van der Waals surface area contributed by atoms with E-state index in [0.717, 1.165) is 91.3 Å². The fraction of sp³-hybridized carbons (Fsp3) is 0.500. The van der Waals surface area contributed by atoms with Gasteiger partial charge in [-0.15, -0.1) is 16.4 Å². The third-order valence-electron chi connectivity index (χ3n) is 9.18. The average Bonchev–Trinajstić information content (AvgIpc) is 3.67. The normalized spacial score (nSPS) is 18.1. The molecule has 8 bridgehead atoms. The second-order valence-corrected chi connectivity index (χ2v) is 11.1. The molecule has 5 heterocycles. The number of aliphatic imine (C=N–C) groups is 2. The summed E-state index contributed by atoms with van der Waals surface area (Å²) in [7, 11) is 0. The second kappa shape index (κ2) is 13.2. The van der Waals surface area contributed by atoms with Crippen molar-refractivity contribution in [3.8, 4) is 0 Å². The molecular weight excluding hydrogens is 684 g/mol. The van der Waals surface area contributed by atoms with Gasteiger partial charge in [0.25, 0.3) is 0 Å². The topological polar surface area (TPSA) is 52.9 Å². The summed E-state index contributed by atoms with van der Waals surface area (Å²) in [4.78, 5) is 21.3. The van der Waals surface area contributed by atoms with Crippen LogP contribution in [0.25, 0.3) is 18.2 Å². The molecule has 5 rings (SSSR count). The first-order valence-electron chi connectivity index (χ1n) is 15.8. The van der Waals surface area contributed by atoms with Gasteiger partial charge >= 0.3 is 21.1 Å². The molecule has 0 spiro atoms. The van der Waals surface area contributed by atoms with Crippen molar-refractivity contribution in [1.29, 1.82) is 0 Å². The zero-order chi connectivity index (χ0) is 28.6. The molecule has 0 N–H and O–H groups in total. The molecule has 0 aromatic carbocycles. The van der Waals surface area contributed by atoms with Gasteiger partial charge in [-0.05, 0) is 80.1 Å². The van der Waals surface area contributed by atoms with Crippen LogP contribution in [-0.4, -0.2) is 17.5 Å². The van der Waals surface area contributed by atoms with Gasteiger partial charge in [0, 0.05) is 0 Å². The number of fused-ring (bicyclic) bond motifs is 6. The number of rotatable bonds is 8. The maximum absolute atomic E-state index is 5.39. The maximum Gasteiger partial charge on any atom is 2.00 e. The summed E-state index contributed by atoms with van der Waals surface area (Å²) in [6.45, 7) is 18.1. The Kier molecular flexibility index (Phi) is 10.2. The smallest absolute Gasteiger partial charge is 0.661 e. The van der Waals surface area contributed by atoms with Gasteiger partial charge < -0.3 is 9.97 Å². The van der Waals surface area contributed by atoms with Crippen LogP contribution in [0.5, 0.6) is 0 Å². The number of allylic oxidation sites excluding steroid dienone is 3. The zero-order valence-electron chi connectivity index (χ0n) is 26.3. The molecule has 0 amide bonds. The molecule has 2 aromatic heterocycles. The van der Waals surface area contributed by atoms with Crippen LogP contribution in [0.2, 0.25) is 0 Å². The minimum Gasteiger partial charge on any atom is -0.661 e. The number of hydrogen-bond donors (Lipinski definition) is 0. The molecule has 0 saturated carbocycles. The Bertz CT molecular complexity index is 1600. The molecule has 2 aromatic rings. The molecule has 3 aliphatic rings. The van der Waals surface area contributed by atoms with Crippen molar-refractivity contribution in [2.45, 2.75) is 119 Å². The summed E-state index contributed by atoms with van der Waals surface area (Å²) in [5, 5.41) is 2.16. The fourth-order valence-corrected chi connectivity index (χ4v) is 7.32. The Balaban J connectivity index is 0.00000387. The van der Waals surface area contributed by atoms with E-state index in [1.54, 1.807) is 0 Å². The monoisotopic (exact) mass is 729 g/mol. The van der Waals surface area contributed by atoms with E-state index in [1.807, 2.05) is 0 Å². The quantitative estimate of drug-likeness (QED) is 0.311. The first-order chi connectivity index (χ1) is 19.5. The van der Waals surface area contributed by atoms with E-state index in [2.05, 4.69) is 73.6 Å². The van der Waals surface area contributed by atoms with Crippen molar-refractivity contribution in [2.75, 3.05) is 0 Å². The first kappa shape index (κ1) is 31.5. The molecule has 1 unspecified atom stereocenters. The van der Waals surface area contributed by atoms with Crippen molar-refractivity contribution in [1.82, 2.24) is 9.97 Å². The summed E-state index contributed by atoms with van der Waals surface area (Å²) >= 11 is 0. The molecule has 5 heteroatoms. The molecule has 0 saturated heterocycles. The van der Waals surface area contributed by atoms with E-state index >= 15 is 0 Å². The van der Waals surface area contributed by atoms with Crippen LogP contribution < -0.4 is 20.7 Å². The second-order valence-electron chi connectivity index (χ2n) is 11.1. The molecule has 1 atom stereocenters. The molecule has 0 aliphatic carbocycles. The van der Waals surface area contributed by atoms with Crippen molar-refractivity contribution in [3.63, 3.8) is 0 Å². The van der Waals surface area contributed by atoms with Crippen molar-refractivity contribution >= 4 is 29.7 Å². The Hall–Kier alpha value is -2.45. The Morgan fingerprint density at radius 2 is 1.20 bits per heavy atom. The number of nitrogens with zero attached hydrogens (tertiary/aromatic N) is 4. The van der Waals surface area contributed by atoms with E-state index in [9.17, 15) is 0 Å². The van der Waals surface area contributed by atoms with Gasteiger partial charge in [-0.2, -0.15) is 5.69 Å². The van der Waals surface area contributed by atoms with E-state index in [4.69, 9.17) is 20.0 Å². The summed E-state index contributed by atoms with van der Waals surface area (Å²) < 4.78 is 0. The Morgan fingerprint density at radius 3 is 1.73 bits per heavy atom. The summed E-state index contributed by atoms with van der Waals surface area (Å²) in [5.74, 6) is 0. The van der Waals surface area contributed by atoms with Crippen molar-refractivity contribution in [2.24, 2.45) is 9.98 Å². The standard InChI is InChI=1S/C36H46N4.Pt/c1-9-21-22(10-2)30-18-32-25(13-5)26(14-6)34(39-32)20-36-28(16-8)27(15-7)35(40-36)19-33-24(12-4)23(11-3)31(38-33)17-29(21)37-30;/h17-19,34H,9-16,20H2,1-8H3;/q-2;+2. The third kappa shape index (κ3) is 5.42. The molecule has 3 aliphatic heterocycles. The van der Waals surface area contributed by atoms with Crippen molar-refractivity contribution < 1.29 is 21.1 Å². The van der Waals surface area contributed by atoms with Gasteiger partial charge in [0.05, 0.1) is 23.2 Å². The summed E-state index contributed by atoms with van der Waals surface area (Å²) in [6.07, 6.45) is 15.5. The van der Waals surface area contributed by atoms with Gasteiger partial charge in [0.1, 0.15) is 0 Å². The van der Waals surface area contributed by atoms with Crippen LogP contribution in [-0.2, 0) is 53.2 Å². The molecule has 4 nitrogen and oxygen atoms in total. The van der Waals surface area contributed by atoms with E-state index in [-0.39, 0.29) is 27.1 Å². The van der Waals surface area contributed by atoms with Crippen LogP contribution >= 0.6 is 0 Å². The fourth-order valence-electron chi connectivity index (χ4n) is 7.32. The van der Waals surface area contributed by atoms with Gasteiger partial charge in [0.15, 0.2) is 0 Å². The predicted octanol–water partition coefficient (Wildman–Crippen LogP) is 6.52. The molecule has 220 valence electrons. The molecule has 41 heavy (non-hydrogen) atoms. The predicted molar refractivity (Wildman–Crippen MR) is 171 cm³/mol. The average molecular weight is 730 g/mol. The minimum absolute atomic E-state index is 0. The van der Waals surface area contributed by atoms with Crippen LogP contribution in [0.3, 0.4) is 0 Å². The largest absolute Gasteiger partial charge is 2.00 e. The van der Waals surface area contributed by atoms with Gasteiger partial charge in [-0.3, -0.25) is 4.99 Å². The Labute approximate surface area is 261 Å². The number of aromatic nitrogens is 2. The van der Waals surface area contributed by atoms with E-state index in [1.165, 1.54) is 50.2 Å². The van der Waals surface area contributed by atoms with Gasteiger partial charge in [-0.1, -0.05) is 95.9 Å². The van der Waals surface area contributed by atoms with Crippen LogP contribution in [0.15, 0.2) is 38.0 Å². The van der Waals surface area contributed by atoms with Crippen LogP contribution in [0.1, 0.15) is 115 Å². The minimum atomic E-state index is 0. The molecule has 0 radical (unpaired) electrons. The summed E-state index contributed by atoms with van der Waals surface area (Å²) in [5.41, 5.74) is 16.7. The first-order valence-corrected chi connectivity index (χ1v) is 15.8. The molecule has 0 fully saturated rings. The molecular formula is C36H46N4Pt. The maximum atomic E-state index is 5.39. The third-order valence-corrected chi connectivity index (χ3v) is 9.18. The van der Waals surface area contributed by atoms with Gasteiger partial charge in [0.2, 0.25) is 0 Å². The van der Waals surface area contributed by atoms with Crippen LogP contribution in [0.4, 0.5) is 0 Å². The van der Waals surface area contributed by atoms with E-state index < -0.39 is 0 Å². The van der Waals surface area contributed by atoms with E-state index in [0.29, 0.717) is 0 Å². The number of hydrogen-bond acceptors (Lipinski definition) is 2. The van der Waals surface area contributed by atoms with Crippen LogP contribution in [0, 0.1) is 0 Å². The SMILES string of the molecule is CCC1=C(CC)C2=NC1=Cc1[n-]c(c(CC)c1CC)CC1N=C(C=c3[n-]c(c(CC)c3CC)=C2)C(CC)=C1CC.[Pt+2]. The summed E-state index contributed by atoms with van der Waals surface area (Å²) in [6, 6.07) is 0.148. The Morgan fingerprint density at radius 1 is 0.610 bits per heavy atom. The van der Waals surface area contributed by atoms with Crippen molar-refractivity contribution in [3.05, 3.63) is 72.3 Å². The van der Waals surface area contributed by atoms with Gasteiger partial charge in [-0.25, -0.2) is 4.99 Å². The zero-order valence-corrected chi connectivity index (χ0v) is 28.6.